The van der Waals surface area contributed by atoms with E-state index in [9.17, 15) is 9.90 Å². The fourth-order valence-corrected chi connectivity index (χ4v) is 3.87. The second-order valence-corrected chi connectivity index (χ2v) is 6.72. The van der Waals surface area contributed by atoms with Crippen LogP contribution in [-0.4, -0.2) is 42.3 Å². The fourth-order valence-electron chi connectivity index (χ4n) is 2.85. The van der Waals surface area contributed by atoms with Crippen LogP contribution in [-0.2, 0) is 4.74 Å². The summed E-state index contributed by atoms with van der Waals surface area (Å²) in [5.74, 6) is -0.101. The van der Waals surface area contributed by atoms with Crippen LogP contribution in [0.25, 0.3) is 10.2 Å². The average molecular weight is 355 g/mol. The summed E-state index contributed by atoms with van der Waals surface area (Å²) >= 11 is 1.37. The number of ether oxygens (including phenoxy) is 1. The Morgan fingerprint density at radius 1 is 1.16 bits per heavy atom. The molecule has 7 heteroatoms. The van der Waals surface area contributed by atoms with E-state index in [0.717, 1.165) is 23.5 Å². The van der Waals surface area contributed by atoms with Crippen LogP contribution in [0.3, 0.4) is 0 Å². The minimum atomic E-state index is -0.216. The van der Waals surface area contributed by atoms with Crippen LogP contribution >= 0.6 is 11.3 Å². The number of hydrogen-bond donors (Lipinski definition) is 2. The van der Waals surface area contributed by atoms with Gasteiger partial charge in [-0.3, -0.25) is 10.1 Å². The Kier molecular flexibility index (Phi) is 4.25. The maximum atomic E-state index is 12.3. The number of fused-ring (bicyclic) bond motifs is 1. The Balaban J connectivity index is 1.67. The van der Waals surface area contributed by atoms with Gasteiger partial charge in [0.1, 0.15) is 11.3 Å². The summed E-state index contributed by atoms with van der Waals surface area (Å²) in [5.41, 5.74) is 2.09. The van der Waals surface area contributed by atoms with E-state index in [1.165, 1.54) is 11.3 Å². The number of nitrogens with zero attached hydrogens (tertiary/aromatic N) is 2. The van der Waals surface area contributed by atoms with Gasteiger partial charge >= 0.3 is 0 Å². The van der Waals surface area contributed by atoms with Gasteiger partial charge in [0, 0.05) is 18.7 Å². The number of phenolic OH excluding ortho intramolecular Hbond substituents is 1. The molecule has 1 aliphatic heterocycles. The third-order valence-electron chi connectivity index (χ3n) is 4.11. The van der Waals surface area contributed by atoms with Gasteiger partial charge in [-0.25, -0.2) is 4.98 Å². The average Bonchev–Trinajstić information content (AvgIpc) is 3.08. The predicted octanol–water partition coefficient (Wildman–Crippen LogP) is 3.09. The minimum Gasteiger partial charge on any atom is -0.506 e. The first-order chi connectivity index (χ1) is 12.2. The van der Waals surface area contributed by atoms with Crippen LogP contribution in [0.15, 0.2) is 42.5 Å². The number of benzene rings is 2. The first-order valence-corrected chi connectivity index (χ1v) is 8.85. The van der Waals surface area contributed by atoms with E-state index in [4.69, 9.17) is 4.74 Å². The summed E-state index contributed by atoms with van der Waals surface area (Å²) < 4.78 is 6.27. The second kappa shape index (κ2) is 6.70. The Morgan fingerprint density at radius 2 is 1.92 bits per heavy atom. The molecule has 0 aliphatic carbocycles. The van der Waals surface area contributed by atoms with E-state index < -0.39 is 0 Å². The lowest BCUT2D eigenvalue weighted by atomic mass is 10.2. The largest absolute Gasteiger partial charge is 0.506 e. The first kappa shape index (κ1) is 15.9. The monoisotopic (exact) mass is 355 g/mol. The highest BCUT2D eigenvalue weighted by atomic mass is 32.1. The van der Waals surface area contributed by atoms with Crippen molar-refractivity contribution in [1.29, 1.82) is 0 Å². The lowest BCUT2D eigenvalue weighted by molar-refractivity contribution is 0.102. The van der Waals surface area contributed by atoms with Crippen molar-refractivity contribution in [2.24, 2.45) is 0 Å². The van der Waals surface area contributed by atoms with Gasteiger partial charge in [-0.05, 0) is 24.3 Å². The van der Waals surface area contributed by atoms with Crippen molar-refractivity contribution in [2.45, 2.75) is 0 Å². The molecule has 3 aromatic rings. The lowest BCUT2D eigenvalue weighted by Crippen LogP contribution is -2.36. The summed E-state index contributed by atoms with van der Waals surface area (Å²) in [4.78, 5) is 19.0. The maximum absolute atomic E-state index is 12.3. The number of nitrogens with one attached hydrogen (secondary N) is 1. The molecule has 2 aromatic carbocycles. The standard InChI is InChI=1S/C18H17N3O3S/c22-14-7-6-13(21-8-10-24-11-9-21)16-15(14)19-18(25-16)20-17(23)12-4-2-1-3-5-12/h1-7,22H,8-11H2,(H,19,20,23). The molecular formula is C18H17N3O3S. The molecule has 0 saturated carbocycles. The van der Waals surface area contributed by atoms with Gasteiger partial charge < -0.3 is 14.7 Å². The number of aromatic hydroxyl groups is 1. The molecule has 1 amide bonds. The smallest absolute Gasteiger partial charge is 0.257 e. The molecule has 2 heterocycles. The highest BCUT2D eigenvalue weighted by Crippen LogP contribution is 2.39. The third kappa shape index (κ3) is 3.16. The summed E-state index contributed by atoms with van der Waals surface area (Å²) in [7, 11) is 0. The SMILES string of the molecule is O=C(Nc1nc2c(O)ccc(N3CCOCC3)c2s1)c1ccccc1. The van der Waals surface area contributed by atoms with E-state index in [-0.39, 0.29) is 11.7 Å². The van der Waals surface area contributed by atoms with Gasteiger partial charge in [-0.1, -0.05) is 29.5 Å². The van der Waals surface area contributed by atoms with Gasteiger partial charge in [-0.15, -0.1) is 0 Å². The molecule has 0 spiro atoms. The van der Waals surface area contributed by atoms with Crippen molar-refractivity contribution in [3.05, 3.63) is 48.0 Å². The van der Waals surface area contributed by atoms with Gasteiger partial charge in [0.25, 0.3) is 5.91 Å². The Morgan fingerprint density at radius 3 is 2.68 bits per heavy atom. The quantitative estimate of drug-likeness (QED) is 0.755. The van der Waals surface area contributed by atoms with E-state index in [1.54, 1.807) is 18.2 Å². The van der Waals surface area contributed by atoms with Gasteiger partial charge in [0.15, 0.2) is 5.13 Å². The molecule has 2 N–H and O–H groups in total. The number of phenols is 1. The van der Waals surface area contributed by atoms with Gasteiger partial charge in [0.05, 0.1) is 23.6 Å². The van der Waals surface area contributed by atoms with E-state index >= 15 is 0 Å². The molecule has 0 bridgehead atoms. The zero-order valence-corrected chi connectivity index (χ0v) is 14.3. The number of rotatable bonds is 3. The van der Waals surface area contributed by atoms with Crippen LogP contribution in [0.5, 0.6) is 5.75 Å². The molecule has 1 aromatic heterocycles. The van der Waals surface area contributed by atoms with Crippen molar-refractivity contribution >= 4 is 38.3 Å². The molecule has 0 unspecified atom stereocenters. The van der Waals surface area contributed by atoms with Crippen molar-refractivity contribution in [1.82, 2.24) is 4.98 Å². The summed E-state index contributed by atoms with van der Waals surface area (Å²) in [5, 5.41) is 13.4. The maximum Gasteiger partial charge on any atom is 0.257 e. The van der Waals surface area contributed by atoms with Crippen LogP contribution in [0.2, 0.25) is 0 Å². The molecule has 1 aliphatic rings. The molecule has 1 saturated heterocycles. The molecule has 4 rings (SSSR count). The number of aromatic nitrogens is 1. The van der Waals surface area contributed by atoms with Crippen molar-refractivity contribution in [2.75, 3.05) is 36.5 Å². The number of amides is 1. The first-order valence-electron chi connectivity index (χ1n) is 8.04. The van der Waals surface area contributed by atoms with Crippen LogP contribution < -0.4 is 10.2 Å². The summed E-state index contributed by atoms with van der Waals surface area (Å²) in [6.07, 6.45) is 0. The second-order valence-electron chi connectivity index (χ2n) is 5.72. The zero-order valence-electron chi connectivity index (χ0n) is 13.4. The predicted molar refractivity (Wildman–Crippen MR) is 98.7 cm³/mol. The van der Waals surface area contributed by atoms with Crippen molar-refractivity contribution < 1.29 is 14.6 Å². The number of carbonyl (C=O) groups is 1. The molecule has 1 fully saturated rings. The molecule has 0 radical (unpaired) electrons. The van der Waals surface area contributed by atoms with E-state index in [2.05, 4.69) is 15.2 Å². The van der Waals surface area contributed by atoms with E-state index in [0.29, 0.717) is 29.4 Å². The molecule has 0 atom stereocenters. The van der Waals surface area contributed by atoms with Crippen LogP contribution in [0, 0.1) is 0 Å². The molecule has 6 nitrogen and oxygen atoms in total. The Labute approximate surface area is 148 Å². The van der Waals surface area contributed by atoms with E-state index in [1.807, 2.05) is 24.3 Å². The molecule has 25 heavy (non-hydrogen) atoms. The fraction of sp³-hybridized carbons (Fsp3) is 0.222. The van der Waals surface area contributed by atoms with Crippen molar-refractivity contribution in [3.63, 3.8) is 0 Å². The number of anilines is 2. The number of thiazole rings is 1. The highest BCUT2D eigenvalue weighted by molar-refractivity contribution is 7.23. The Bertz CT molecular complexity index is 905. The van der Waals surface area contributed by atoms with Crippen molar-refractivity contribution in [3.8, 4) is 5.75 Å². The normalized spacial score (nSPS) is 14.6. The van der Waals surface area contributed by atoms with Gasteiger partial charge in [0.2, 0.25) is 0 Å². The summed E-state index contributed by atoms with van der Waals surface area (Å²) in [6.45, 7) is 2.95. The zero-order chi connectivity index (χ0) is 17.2. The third-order valence-corrected chi connectivity index (χ3v) is 5.10. The van der Waals surface area contributed by atoms with Crippen LogP contribution in [0.4, 0.5) is 10.8 Å². The molecule has 128 valence electrons. The van der Waals surface area contributed by atoms with Gasteiger partial charge in [-0.2, -0.15) is 0 Å². The molecular weight excluding hydrogens is 338 g/mol. The number of morpholine rings is 1. The highest BCUT2D eigenvalue weighted by Gasteiger charge is 2.19. The number of carbonyl (C=O) groups excluding carboxylic acids is 1. The Hall–Kier alpha value is -2.64. The lowest BCUT2D eigenvalue weighted by Gasteiger charge is -2.29. The van der Waals surface area contributed by atoms with Crippen LogP contribution in [0.1, 0.15) is 10.4 Å². The summed E-state index contributed by atoms with van der Waals surface area (Å²) in [6, 6.07) is 12.5. The minimum absolute atomic E-state index is 0.114. The number of hydrogen-bond acceptors (Lipinski definition) is 6. The topological polar surface area (TPSA) is 74.7 Å².